The fourth-order valence-electron chi connectivity index (χ4n) is 2.19. The van der Waals surface area contributed by atoms with Crippen LogP contribution in [0.15, 0.2) is 36.7 Å². The lowest BCUT2D eigenvalue weighted by Crippen LogP contribution is -2.48. The van der Waals surface area contributed by atoms with Gasteiger partial charge in [0.05, 0.1) is 12.6 Å². The van der Waals surface area contributed by atoms with E-state index in [9.17, 15) is 0 Å². The molecule has 1 unspecified atom stereocenters. The molecule has 1 aromatic carbocycles. The first-order valence-corrected chi connectivity index (χ1v) is 8.36. The van der Waals surface area contributed by atoms with Crippen LogP contribution in [-0.4, -0.2) is 20.9 Å². The summed E-state index contributed by atoms with van der Waals surface area (Å²) in [5.41, 5.74) is 1.93. The minimum atomic E-state index is 0.0288. The maximum absolute atomic E-state index is 6.16. The molecule has 23 heavy (non-hydrogen) atoms. The number of hydrogen-bond donors (Lipinski definition) is 2. The molecule has 0 saturated heterocycles. The monoisotopic (exact) mass is 350 g/mol. The zero-order valence-corrected chi connectivity index (χ0v) is 15.5. The summed E-state index contributed by atoms with van der Waals surface area (Å²) >= 11 is 11.6. The molecule has 1 heterocycles. The first-order valence-electron chi connectivity index (χ1n) is 7.57. The molecule has 0 amide bonds. The van der Waals surface area contributed by atoms with Crippen LogP contribution in [-0.2, 0) is 6.54 Å². The highest BCUT2D eigenvalue weighted by molar-refractivity contribution is 7.80. The van der Waals surface area contributed by atoms with Gasteiger partial charge >= 0.3 is 0 Å². The maximum Gasteiger partial charge on any atom is 0.171 e. The number of aromatic nitrogens is 2. The highest BCUT2D eigenvalue weighted by atomic mass is 35.5. The third-order valence-electron chi connectivity index (χ3n) is 3.80. The summed E-state index contributed by atoms with van der Waals surface area (Å²) in [5, 5.41) is 12.2. The van der Waals surface area contributed by atoms with Crippen LogP contribution < -0.4 is 10.6 Å². The molecule has 1 aromatic heterocycles. The van der Waals surface area contributed by atoms with E-state index in [1.807, 2.05) is 42.1 Å². The smallest absolute Gasteiger partial charge is 0.171 e. The van der Waals surface area contributed by atoms with Gasteiger partial charge in [0.25, 0.3) is 0 Å². The molecule has 0 radical (unpaired) electrons. The van der Waals surface area contributed by atoms with E-state index in [2.05, 4.69) is 36.5 Å². The third-order valence-corrected chi connectivity index (χ3v) is 4.42. The van der Waals surface area contributed by atoms with Gasteiger partial charge in [-0.2, -0.15) is 5.10 Å². The molecule has 124 valence electrons. The number of anilines is 1. The van der Waals surface area contributed by atoms with Crippen molar-refractivity contribution in [3.63, 3.8) is 0 Å². The van der Waals surface area contributed by atoms with Gasteiger partial charge in [-0.1, -0.05) is 38.4 Å². The number of rotatable bonds is 4. The predicted octanol–water partition coefficient (Wildman–Crippen LogP) is 4.25. The number of hydrogen-bond acceptors (Lipinski definition) is 2. The van der Waals surface area contributed by atoms with Crippen LogP contribution in [0.3, 0.4) is 0 Å². The van der Waals surface area contributed by atoms with Crippen molar-refractivity contribution in [3.05, 3.63) is 47.2 Å². The van der Waals surface area contributed by atoms with Gasteiger partial charge in [0.2, 0.25) is 0 Å². The van der Waals surface area contributed by atoms with Crippen LogP contribution in [0.25, 0.3) is 0 Å². The largest absolute Gasteiger partial charge is 0.357 e. The molecule has 0 saturated carbocycles. The minimum Gasteiger partial charge on any atom is -0.357 e. The maximum atomic E-state index is 6.16. The fourth-order valence-corrected chi connectivity index (χ4v) is 2.62. The van der Waals surface area contributed by atoms with Crippen LogP contribution in [0.5, 0.6) is 0 Å². The molecule has 0 aliphatic rings. The molecule has 0 spiro atoms. The zero-order valence-electron chi connectivity index (χ0n) is 13.9. The Hall–Kier alpha value is -1.59. The molecular weight excluding hydrogens is 328 g/mol. The van der Waals surface area contributed by atoms with Gasteiger partial charge in [-0.05, 0) is 48.3 Å². The van der Waals surface area contributed by atoms with Gasteiger partial charge in [-0.25, -0.2) is 0 Å². The topological polar surface area (TPSA) is 41.9 Å². The Kier molecular flexibility index (Phi) is 5.65. The van der Waals surface area contributed by atoms with Gasteiger partial charge in [0, 0.05) is 23.1 Å². The normalized spacial score (nSPS) is 12.7. The van der Waals surface area contributed by atoms with Crippen LogP contribution >= 0.6 is 23.8 Å². The van der Waals surface area contributed by atoms with E-state index < -0.39 is 0 Å². The molecule has 4 nitrogen and oxygen atoms in total. The second kappa shape index (κ2) is 7.32. The first kappa shape index (κ1) is 17.8. The number of benzene rings is 1. The van der Waals surface area contributed by atoms with E-state index in [1.54, 1.807) is 6.20 Å². The Morgan fingerprint density at radius 2 is 2.09 bits per heavy atom. The van der Waals surface area contributed by atoms with Crippen LogP contribution in [0.1, 0.15) is 26.3 Å². The standard InChI is InChI=1S/C17H23ClN4S/c1-12-13(18)7-5-8-14(12)20-16(23)21-15(17(2,3)4)11-22-10-6-9-19-22/h5-10,15H,11H2,1-4H3,(H2,20,21,23). The average Bonchev–Trinajstić information content (AvgIpc) is 2.95. The van der Waals surface area contributed by atoms with Crippen molar-refractivity contribution >= 4 is 34.6 Å². The molecule has 2 N–H and O–H groups in total. The first-order chi connectivity index (χ1) is 10.8. The minimum absolute atomic E-state index is 0.0288. The zero-order chi connectivity index (χ0) is 17.0. The van der Waals surface area contributed by atoms with Crippen LogP contribution in [0.4, 0.5) is 5.69 Å². The Bertz CT molecular complexity index is 662. The summed E-state index contributed by atoms with van der Waals surface area (Å²) in [7, 11) is 0. The molecule has 0 aliphatic carbocycles. The molecule has 1 atom stereocenters. The molecular formula is C17H23ClN4S. The van der Waals surface area contributed by atoms with E-state index >= 15 is 0 Å². The second-order valence-electron chi connectivity index (χ2n) is 6.66. The number of nitrogens with one attached hydrogen (secondary N) is 2. The SMILES string of the molecule is Cc1c(Cl)cccc1NC(=S)NC(Cn1cccn1)C(C)(C)C. The van der Waals surface area contributed by atoms with Crippen molar-refractivity contribution in [1.29, 1.82) is 0 Å². The van der Waals surface area contributed by atoms with Gasteiger partial charge in [-0.15, -0.1) is 0 Å². The van der Waals surface area contributed by atoms with Crippen molar-refractivity contribution in [2.45, 2.75) is 40.3 Å². The van der Waals surface area contributed by atoms with E-state index in [-0.39, 0.29) is 11.5 Å². The van der Waals surface area contributed by atoms with Crippen molar-refractivity contribution in [2.24, 2.45) is 5.41 Å². The summed E-state index contributed by atoms with van der Waals surface area (Å²) in [4.78, 5) is 0. The van der Waals surface area contributed by atoms with E-state index in [4.69, 9.17) is 23.8 Å². The average molecular weight is 351 g/mol. The molecule has 2 aromatic rings. The quantitative estimate of drug-likeness (QED) is 0.809. The Balaban J connectivity index is 2.07. The molecule has 0 bridgehead atoms. The van der Waals surface area contributed by atoms with Crippen molar-refractivity contribution in [3.8, 4) is 0 Å². The molecule has 0 fully saturated rings. The number of halogens is 1. The van der Waals surface area contributed by atoms with E-state index in [0.717, 1.165) is 22.8 Å². The third kappa shape index (κ3) is 4.94. The highest BCUT2D eigenvalue weighted by Crippen LogP contribution is 2.24. The van der Waals surface area contributed by atoms with Gasteiger partial charge in [0.15, 0.2) is 5.11 Å². The summed E-state index contributed by atoms with van der Waals surface area (Å²) in [5.74, 6) is 0. The lowest BCUT2D eigenvalue weighted by Gasteiger charge is -2.32. The molecule has 0 aliphatic heterocycles. The summed E-state index contributed by atoms with van der Waals surface area (Å²) in [6, 6.07) is 7.81. The summed E-state index contributed by atoms with van der Waals surface area (Å²) < 4.78 is 1.91. The van der Waals surface area contributed by atoms with Gasteiger partial charge < -0.3 is 10.6 Å². The van der Waals surface area contributed by atoms with Crippen LogP contribution in [0.2, 0.25) is 5.02 Å². The number of thiocarbonyl (C=S) groups is 1. The summed E-state index contributed by atoms with van der Waals surface area (Å²) in [6.07, 6.45) is 3.74. The van der Waals surface area contributed by atoms with Crippen LogP contribution in [0, 0.1) is 12.3 Å². The fraction of sp³-hybridized carbons (Fsp3) is 0.412. The lowest BCUT2D eigenvalue weighted by molar-refractivity contribution is 0.262. The Morgan fingerprint density at radius 1 is 1.35 bits per heavy atom. The highest BCUT2D eigenvalue weighted by Gasteiger charge is 2.26. The van der Waals surface area contributed by atoms with Crippen molar-refractivity contribution in [1.82, 2.24) is 15.1 Å². The Morgan fingerprint density at radius 3 is 2.70 bits per heavy atom. The van der Waals surface area contributed by atoms with E-state index in [0.29, 0.717) is 5.11 Å². The second-order valence-corrected chi connectivity index (χ2v) is 7.47. The predicted molar refractivity (Wildman–Crippen MR) is 101 cm³/mol. The van der Waals surface area contributed by atoms with Crippen molar-refractivity contribution in [2.75, 3.05) is 5.32 Å². The van der Waals surface area contributed by atoms with Gasteiger partial charge in [-0.3, -0.25) is 4.68 Å². The number of nitrogens with zero attached hydrogens (tertiary/aromatic N) is 2. The molecule has 6 heteroatoms. The van der Waals surface area contributed by atoms with E-state index in [1.165, 1.54) is 0 Å². The van der Waals surface area contributed by atoms with Crippen molar-refractivity contribution < 1.29 is 0 Å². The molecule has 2 rings (SSSR count). The lowest BCUT2D eigenvalue weighted by atomic mass is 9.87. The Labute approximate surface area is 148 Å². The van der Waals surface area contributed by atoms with Gasteiger partial charge in [0.1, 0.15) is 0 Å². The summed E-state index contributed by atoms with van der Waals surface area (Å²) in [6.45, 7) is 9.26.